The normalized spacial score (nSPS) is 12.4. The number of amides is 1. The SMILES string of the molecule is CCC(O)CN(CCNC)CCNC(=O)CCCCC(C)=O. The first-order chi connectivity index (χ1) is 10.5. The molecule has 6 heteroatoms. The second-order valence-corrected chi connectivity index (χ2v) is 5.73. The van der Waals surface area contributed by atoms with Gasteiger partial charge in [0.2, 0.25) is 5.91 Å². The van der Waals surface area contributed by atoms with Crippen molar-refractivity contribution in [2.45, 2.75) is 52.1 Å². The van der Waals surface area contributed by atoms with Gasteiger partial charge < -0.3 is 20.5 Å². The van der Waals surface area contributed by atoms with Gasteiger partial charge in [-0.05, 0) is 33.2 Å². The summed E-state index contributed by atoms with van der Waals surface area (Å²) in [5, 5.41) is 15.7. The molecular formula is C16H33N3O3. The van der Waals surface area contributed by atoms with E-state index in [9.17, 15) is 14.7 Å². The number of ketones is 1. The van der Waals surface area contributed by atoms with Crippen molar-refractivity contribution in [2.24, 2.45) is 0 Å². The molecule has 0 aliphatic heterocycles. The van der Waals surface area contributed by atoms with Crippen molar-refractivity contribution in [2.75, 3.05) is 39.8 Å². The number of Topliss-reactive ketones (excluding diaryl/α,β-unsaturated/α-hetero) is 1. The fourth-order valence-corrected chi connectivity index (χ4v) is 2.09. The van der Waals surface area contributed by atoms with Crippen LogP contribution < -0.4 is 10.6 Å². The van der Waals surface area contributed by atoms with Gasteiger partial charge in [-0.25, -0.2) is 0 Å². The Labute approximate surface area is 134 Å². The van der Waals surface area contributed by atoms with E-state index in [2.05, 4.69) is 15.5 Å². The number of aliphatic hydroxyl groups excluding tert-OH is 1. The fourth-order valence-electron chi connectivity index (χ4n) is 2.09. The zero-order chi connectivity index (χ0) is 16.8. The highest BCUT2D eigenvalue weighted by Gasteiger charge is 2.10. The molecule has 0 fully saturated rings. The number of carbonyl (C=O) groups excluding carboxylic acids is 2. The van der Waals surface area contributed by atoms with E-state index >= 15 is 0 Å². The monoisotopic (exact) mass is 315 g/mol. The van der Waals surface area contributed by atoms with Crippen LogP contribution in [0.15, 0.2) is 0 Å². The van der Waals surface area contributed by atoms with E-state index in [0.29, 0.717) is 25.9 Å². The molecular weight excluding hydrogens is 282 g/mol. The van der Waals surface area contributed by atoms with Crippen molar-refractivity contribution in [1.29, 1.82) is 0 Å². The van der Waals surface area contributed by atoms with Crippen molar-refractivity contribution in [1.82, 2.24) is 15.5 Å². The molecule has 0 aromatic heterocycles. The number of likely N-dealkylation sites (N-methyl/N-ethyl adjacent to an activating group) is 1. The third-order valence-corrected chi connectivity index (χ3v) is 3.55. The van der Waals surface area contributed by atoms with Crippen LogP contribution in [0.5, 0.6) is 0 Å². The molecule has 0 bridgehead atoms. The third-order valence-electron chi connectivity index (χ3n) is 3.55. The average Bonchev–Trinajstić information content (AvgIpc) is 2.48. The van der Waals surface area contributed by atoms with Crippen molar-refractivity contribution in [3.63, 3.8) is 0 Å². The Morgan fingerprint density at radius 1 is 1.14 bits per heavy atom. The summed E-state index contributed by atoms with van der Waals surface area (Å²) in [6.07, 6.45) is 2.97. The van der Waals surface area contributed by atoms with Crippen LogP contribution in [-0.4, -0.2) is 67.6 Å². The van der Waals surface area contributed by atoms with Crippen molar-refractivity contribution < 1.29 is 14.7 Å². The molecule has 0 aliphatic rings. The van der Waals surface area contributed by atoms with E-state index in [4.69, 9.17) is 0 Å². The second-order valence-electron chi connectivity index (χ2n) is 5.73. The molecule has 0 aliphatic carbocycles. The summed E-state index contributed by atoms with van der Waals surface area (Å²) in [5.41, 5.74) is 0. The summed E-state index contributed by atoms with van der Waals surface area (Å²) in [7, 11) is 1.90. The van der Waals surface area contributed by atoms with E-state index < -0.39 is 0 Å². The van der Waals surface area contributed by atoms with Crippen LogP contribution in [-0.2, 0) is 9.59 Å². The lowest BCUT2D eigenvalue weighted by atomic mass is 10.1. The van der Waals surface area contributed by atoms with E-state index in [1.54, 1.807) is 6.92 Å². The standard InChI is InChI=1S/C16H33N3O3/c1-4-15(21)13-19(11-9-17-3)12-10-18-16(22)8-6-5-7-14(2)20/h15,17,21H,4-13H2,1-3H3,(H,18,22). The quantitative estimate of drug-likeness (QED) is 0.408. The molecule has 1 unspecified atom stereocenters. The van der Waals surface area contributed by atoms with Gasteiger partial charge in [0.1, 0.15) is 5.78 Å². The van der Waals surface area contributed by atoms with Gasteiger partial charge in [-0.15, -0.1) is 0 Å². The third kappa shape index (κ3) is 12.7. The Morgan fingerprint density at radius 3 is 2.36 bits per heavy atom. The highest BCUT2D eigenvalue weighted by atomic mass is 16.3. The number of nitrogens with zero attached hydrogens (tertiary/aromatic N) is 1. The Morgan fingerprint density at radius 2 is 1.77 bits per heavy atom. The molecule has 1 atom stereocenters. The molecule has 0 aromatic carbocycles. The maximum atomic E-state index is 11.7. The van der Waals surface area contributed by atoms with Gasteiger partial charge in [0, 0.05) is 45.6 Å². The highest BCUT2D eigenvalue weighted by Crippen LogP contribution is 2.00. The molecule has 0 radical (unpaired) electrons. The molecule has 130 valence electrons. The van der Waals surface area contributed by atoms with Crippen LogP contribution in [0.25, 0.3) is 0 Å². The lowest BCUT2D eigenvalue weighted by Crippen LogP contribution is -2.41. The van der Waals surface area contributed by atoms with Gasteiger partial charge in [-0.1, -0.05) is 6.92 Å². The maximum absolute atomic E-state index is 11.7. The Bertz CT molecular complexity index is 311. The number of unbranched alkanes of at least 4 members (excludes halogenated alkanes) is 1. The number of rotatable bonds is 14. The van der Waals surface area contributed by atoms with E-state index in [-0.39, 0.29) is 17.8 Å². The van der Waals surface area contributed by atoms with Crippen molar-refractivity contribution in [3.8, 4) is 0 Å². The Kier molecular flexibility index (Phi) is 13.1. The number of nitrogens with one attached hydrogen (secondary N) is 2. The van der Waals surface area contributed by atoms with Crippen LogP contribution >= 0.6 is 0 Å². The number of aliphatic hydroxyl groups is 1. The predicted molar refractivity (Wildman–Crippen MR) is 88.8 cm³/mol. The van der Waals surface area contributed by atoms with Crippen LogP contribution in [0, 0.1) is 0 Å². The molecule has 1 amide bonds. The van der Waals surface area contributed by atoms with E-state index in [0.717, 1.165) is 38.9 Å². The molecule has 0 rings (SSSR count). The van der Waals surface area contributed by atoms with Crippen LogP contribution in [0.4, 0.5) is 0 Å². The maximum Gasteiger partial charge on any atom is 0.220 e. The second kappa shape index (κ2) is 13.7. The van der Waals surface area contributed by atoms with Crippen LogP contribution in [0.3, 0.4) is 0 Å². The summed E-state index contributed by atoms with van der Waals surface area (Å²) in [6, 6.07) is 0. The smallest absolute Gasteiger partial charge is 0.220 e. The number of hydrogen-bond donors (Lipinski definition) is 3. The summed E-state index contributed by atoms with van der Waals surface area (Å²) in [4.78, 5) is 24.6. The lowest BCUT2D eigenvalue weighted by Gasteiger charge is -2.24. The summed E-state index contributed by atoms with van der Waals surface area (Å²) < 4.78 is 0. The average molecular weight is 315 g/mol. The van der Waals surface area contributed by atoms with Gasteiger partial charge >= 0.3 is 0 Å². The number of carbonyl (C=O) groups is 2. The fraction of sp³-hybridized carbons (Fsp3) is 0.875. The minimum absolute atomic E-state index is 0.0353. The van der Waals surface area contributed by atoms with Gasteiger partial charge in [0.25, 0.3) is 0 Å². The molecule has 0 aromatic rings. The minimum atomic E-state index is -0.320. The zero-order valence-corrected chi connectivity index (χ0v) is 14.4. The lowest BCUT2D eigenvalue weighted by molar-refractivity contribution is -0.121. The molecule has 22 heavy (non-hydrogen) atoms. The van der Waals surface area contributed by atoms with Crippen molar-refractivity contribution in [3.05, 3.63) is 0 Å². The van der Waals surface area contributed by atoms with Gasteiger partial charge in [0.15, 0.2) is 0 Å². The summed E-state index contributed by atoms with van der Waals surface area (Å²) >= 11 is 0. The predicted octanol–water partition coefficient (Wildman–Crippen LogP) is 0.544. The molecule has 3 N–H and O–H groups in total. The molecule has 6 nitrogen and oxygen atoms in total. The minimum Gasteiger partial charge on any atom is -0.392 e. The first-order valence-corrected chi connectivity index (χ1v) is 8.30. The Balaban J connectivity index is 3.84. The van der Waals surface area contributed by atoms with Crippen LogP contribution in [0.1, 0.15) is 46.0 Å². The van der Waals surface area contributed by atoms with Crippen molar-refractivity contribution >= 4 is 11.7 Å². The van der Waals surface area contributed by atoms with E-state index in [1.165, 1.54) is 0 Å². The molecule has 0 spiro atoms. The first kappa shape index (κ1) is 21.0. The van der Waals surface area contributed by atoms with Gasteiger partial charge in [-0.3, -0.25) is 9.69 Å². The molecule has 0 saturated carbocycles. The topological polar surface area (TPSA) is 81.7 Å². The van der Waals surface area contributed by atoms with Gasteiger partial charge in [0.05, 0.1) is 6.10 Å². The van der Waals surface area contributed by atoms with E-state index in [1.807, 2.05) is 14.0 Å². The molecule has 0 saturated heterocycles. The summed E-state index contributed by atoms with van der Waals surface area (Å²) in [5.74, 6) is 0.211. The number of hydrogen-bond acceptors (Lipinski definition) is 5. The highest BCUT2D eigenvalue weighted by molar-refractivity contribution is 5.76. The molecule has 0 heterocycles. The van der Waals surface area contributed by atoms with Gasteiger partial charge in [-0.2, -0.15) is 0 Å². The first-order valence-electron chi connectivity index (χ1n) is 8.30. The van der Waals surface area contributed by atoms with Crippen LogP contribution in [0.2, 0.25) is 0 Å². The summed E-state index contributed by atoms with van der Waals surface area (Å²) in [6.45, 7) is 7.20. The largest absolute Gasteiger partial charge is 0.392 e. The zero-order valence-electron chi connectivity index (χ0n) is 14.4. The Hall–Kier alpha value is -0.980.